The van der Waals surface area contributed by atoms with Crippen molar-refractivity contribution in [2.24, 2.45) is 5.73 Å². The lowest BCUT2D eigenvalue weighted by Crippen LogP contribution is -2.34. The van der Waals surface area contributed by atoms with Crippen molar-refractivity contribution in [3.05, 3.63) is 29.0 Å². The molecule has 1 aromatic heterocycles. The quantitative estimate of drug-likeness (QED) is 0.882. The summed E-state index contributed by atoms with van der Waals surface area (Å²) in [6, 6.07) is 4.39. The van der Waals surface area contributed by atoms with Crippen molar-refractivity contribution in [1.82, 2.24) is 10.1 Å². The summed E-state index contributed by atoms with van der Waals surface area (Å²) in [5.41, 5.74) is 6.12. The molecule has 23 heavy (non-hydrogen) atoms. The highest BCUT2D eigenvalue weighted by Gasteiger charge is 2.36. The monoisotopic (exact) mass is 377 g/mol. The molecule has 0 aliphatic heterocycles. The highest BCUT2D eigenvalue weighted by atomic mass is 35.5. The summed E-state index contributed by atoms with van der Waals surface area (Å²) >= 11 is 6.13. The Morgan fingerprint density at radius 1 is 1.30 bits per heavy atom. The number of aromatic nitrogens is 2. The van der Waals surface area contributed by atoms with Gasteiger partial charge in [0.2, 0.25) is 0 Å². The first-order valence-corrected chi connectivity index (χ1v) is 9.20. The molecule has 9 heteroatoms. The van der Waals surface area contributed by atoms with Gasteiger partial charge >= 0.3 is 0 Å². The van der Waals surface area contributed by atoms with Gasteiger partial charge in [-0.05, 0) is 31.0 Å². The van der Waals surface area contributed by atoms with Crippen LogP contribution in [0.25, 0.3) is 11.5 Å². The number of nitrogens with two attached hydrogens (primary N) is 1. The minimum absolute atomic E-state index is 0. The van der Waals surface area contributed by atoms with E-state index in [9.17, 15) is 8.42 Å². The van der Waals surface area contributed by atoms with E-state index in [1.807, 2.05) is 0 Å². The van der Waals surface area contributed by atoms with E-state index in [0.29, 0.717) is 16.4 Å². The summed E-state index contributed by atoms with van der Waals surface area (Å²) in [5.74, 6) is 0.628. The minimum atomic E-state index is -3.34. The van der Waals surface area contributed by atoms with E-state index in [1.165, 1.54) is 18.2 Å². The molecule has 0 spiro atoms. The molecular weight excluding hydrogens is 361 g/mol. The third-order valence-electron chi connectivity index (χ3n) is 3.96. The van der Waals surface area contributed by atoms with Gasteiger partial charge in [-0.15, -0.1) is 12.4 Å². The summed E-state index contributed by atoms with van der Waals surface area (Å²) in [6.45, 7) is 0. The van der Waals surface area contributed by atoms with Crippen LogP contribution in [0.3, 0.4) is 0 Å². The topological polar surface area (TPSA) is 99.1 Å². The van der Waals surface area contributed by atoms with Crippen LogP contribution in [0, 0.1) is 0 Å². The van der Waals surface area contributed by atoms with Gasteiger partial charge in [0, 0.05) is 6.26 Å². The lowest BCUT2D eigenvalue weighted by Gasteiger charge is -2.17. The lowest BCUT2D eigenvalue weighted by molar-refractivity contribution is 0.372. The van der Waals surface area contributed by atoms with Gasteiger partial charge in [-0.2, -0.15) is 4.98 Å². The summed E-state index contributed by atoms with van der Waals surface area (Å²) < 4.78 is 28.6. The molecule has 0 radical (unpaired) electrons. The van der Waals surface area contributed by atoms with Crippen molar-refractivity contribution < 1.29 is 12.9 Å². The predicted molar refractivity (Wildman–Crippen MR) is 89.4 cm³/mol. The maximum Gasteiger partial charge on any atom is 0.259 e. The van der Waals surface area contributed by atoms with Crippen molar-refractivity contribution in [3.8, 4) is 11.5 Å². The average Bonchev–Trinajstić information content (AvgIpc) is 3.07. The van der Waals surface area contributed by atoms with Crippen molar-refractivity contribution >= 4 is 33.8 Å². The van der Waals surface area contributed by atoms with Crippen LogP contribution in [0.2, 0.25) is 5.02 Å². The third-order valence-corrected chi connectivity index (χ3v) is 5.40. The highest BCUT2D eigenvalue weighted by molar-refractivity contribution is 7.90. The van der Waals surface area contributed by atoms with Gasteiger partial charge in [0.15, 0.2) is 15.7 Å². The number of halogens is 2. The van der Waals surface area contributed by atoms with Crippen molar-refractivity contribution in [3.63, 3.8) is 0 Å². The van der Waals surface area contributed by atoms with Crippen molar-refractivity contribution in [2.75, 3.05) is 6.26 Å². The van der Waals surface area contributed by atoms with Crippen LogP contribution in [0.4, 0.5) is 0 Å². The van der Waals surface area contributed by atoms with Gasteiger partial charge in [-0.3, -0.25) is 0 Å². The molecule has 1 aliphatic carbocycles. The number of hydrogen-bond acceptors (Lipinski definition) is 6. The molecule has 0 atom stereocenters. The van der Waals surface area contributed by atoms with Crippen LogP contribution in [0.15, 0.2) is 27.6 Å². The molecule has 1 aliphatic rings. The zero-order valence-electron chi connectivity index (χ0n) is 12.5. The Bertz CT molecular complexity index is 814. The number of sulfone groups is 1. The Hall–Kier alpha value is -1.15. The first-order chi connectivity index (χ1) is 10.3. The molecule has 0 unspecified atom stereocenters. The normalized spacial score (nSPS) is 17.0. The van der Waals surface area contributed by atoms with Gasteiger partial charge in [0.1, 0.15) is 0 Å². The molecule has 1 aromatic carbocycles. The van der Waals surface area contributed by atoms with Gasteiger partial charge in [0.25, 0.3) is 5.89 Å². The predicted octanol–water partition coefficient (Wildman–Crippen LogP) is 2.94. The Kier molecular flexibility index (Phi) is 5.06. The summed E-state index contributed by atoms with van der Waals surface area (Å²) in [5, 5.41) is 4.31. The lowest BCUT2D eigenvalue weighted by atomic mass is 9.99. The van der Waals surface area contributed by atoms with E-state index in [1.54, 1.807) is 0 Å². The van der Waals surface area contributed by atoms with Crippen LogP contribution in [-0.4, -0.2) is 24.8 Å². The zero-order chi connectivity index (χ0) is 16.0. The maximum absolute atomic E-state index is 11.7. The maximum atomic E-state index is 11.7. The largest absolute Gasteiger partial charge is 0.334 e. The van der Waals surface area contributed by atoms with Crippen LogP contribution >= 0.6 is 24.0 Å². The standard InChI is InChI=1S/C14H16ClN3O3S.ClH/c1-22(19,20)9-4-5-11(15)10(8-9)12-17-13(18-21-12)14(16)6-2-3-7-14;/h4-5,8H,2-3,6-7,16H2,1H3;1H. The average molecular weight is 378 g/mol. The smallest absolute Gasteiger partial charge is 0.259 e. The molecule has 0 bridgehead atoms. The van der Waals surface area contributed by atoms with Crippen LogP contribution < -0.4 is 5.73 Å². The Balaban J connectivity index is 0.00000192. The minimum Gasteiger partial charge on any atom is -0.334 e. The second-order valence-electron chi connectivity index (χ2n) is 5.70. The molecular formula is C14H17Cl2N3O3S. The third kappa shape index (κ3) is 3.52. The number of hydrogen-bond donors (Lipinski definition) is 1. The Morgan fingerprint density at radius 2 is 1.96 bits per heavy atom. The summed E-state index contributed by atoms with van der Waals surface area (Å²) in [4.78, 5) is 4.48. The second-order valence-corrected chi connectivity index (χ2v) is 8.12. The van der Waals surface area contributed by atoms with Gasteiger partial charge in [-0.25, -0.2) is 8.42 Å². The van der Waals surface area contributed by atoms with Crippen molar-refractivity contribution in [2.45, 2.75) is 36.1 Å². The highest BCUT2D eigenvalue weighted by Crippen LogP contribution is 2.36. The van der Waals surface area contributed by atoms with E-state index >= 15 is 0 Å². The molecule has 126 valence electrons. The number of nitrogens with zero attached hydrogens (tertiary/aromatic N) is 2. The Morgan fingerprint density at radius 3 is 2.57 bits per heavy atom. The molecule has 2 aromatic rings. The molecule has 1 saturated carbocycles. The van der Waals surface area contributed by atoms with E-state index < -0.39 is 15.4 Å². The molecule has 6 nitrogen and oxygen atoms in total. The molecule has 1 fully saturated rings. The molecule has 1 heterocycles. The van der Waals surface area contributed by atoms with Crippen molar-refractivity contribution in [1.29, 1.82) is 0 Å². The number of benzene rings is 1. The summed E-state index contributed by atoms with van der Waals surface area (Å²) in [7, 11) is -3.34. The first-order valence-electron chi connectivity index (χ1n) is 6.93. The molecule has 2 N–H and O–H groups in total. The molecule has 0 amide bonds. The van der Waals surface area contributed by atoms with Gasteiger partial charge in [0.05, 0.1) is 21.0 Å². The van der Waals surface area contributed by atoms with E-state index in [4.69, 9.17) is 21.9 Å². The fourth-order valence-electron chi connectivity index (χ4n) is 2.66. The van der Waals surface area contributed by atoms with E-state index in [0.717, 1.165) is 31.9 Å². The molecule has 3 rings (SSSR count). The second kappa shape index (κ2) is 6.39. The zero-order valence-corrected chi connectivity index (χ0v) is 14.8. The first kappa shape index (κ1) is 18.2. The van der Waals surface area contributed by atoms with Gasteiger partial charge < -0.3 is 10.3 Å². The fraction of sp³-hybridized carbons (Fsp3) is 0.429. The van der Waals surface area contributed by atoms with Crippen LogP contribution in [0.5, 0.6) is 0 Å². The fourth-order valence-corrected chi connectivity index (χ4v) is 3.51. The van der Waals surface area contributed by atoms with Crippen LogP contribution in [0.1, 0.15) is 31.5 Å². The number of rotatable bonds is 3. The van der Waals surface area contributed by atoms with E-state index in [-0.39, 0.29) is 23.2 Å². The van der Waals surface area contributed by atoms with E-state index in [2.05, 4.69) is 10.1 Å². The van der Waals surface area contributed by atoms with Crippen LogP contribution in [-0.2, 0) is 15.4 Å². The molecule has 0 saturated heterocycles. The Labute approximate surface area is 145 Å². The van der Waals surface area contributed by atoms with Gasteiger partial charge in [-0.1, -0.05) is 29.6 Å². The summed E-state index contributed by atoms with van der Waals surface area (Å²) in [6.07, 6.45) is 4.81. The SMILES string of the molecule is CS(=O)(=O)c1ccc(Cl)c(-c2nc(C3(N)CCCC3)no2)c1.Cl.